The van der Waals surface area contributed by atoms with E-state index in [0.717, 1.165) is 39.0 Å². The first kappa shape index (κ1) is 23.0. The second kappa shape index (κ2) is 11.6. The molecule has 31 heavy (non-hydrogen) atoms. The van der Waals surface area contributed by atoms with Gasteiger partial charge in [0.2, 0.25) is 0 Å². The summed E-state index contributed by atoms with van der Waals surface area (Å²) in [5, 5.41) is 15.4. The van der Waals surface area contributed by atoms with Gasteiger partial charge in [0.1, 0.15) is 0 Å². The normalized spacial score (nSPS) is 17.3. The summed E-state index contributed by atoms with van der Waals surface area (Å²) >= 11 is 0. The van der Waals surface area contributed by atoms with Crippen molar-refractivity contribution in [2.45, 2.75) is 37.5 Å². The number of rotatable bonds is 4. The summed E-state index contributed by atoms with van der Waals surface area (Å²) in [7, 11) is 1.41. The Morgan fingerprint density at radius 2 is 1.13 bits per heavy atom. The van der Waals surface area contributed by atoms with Crippen LogP contribution >= 0.6 is 0 Å². The lowest BCUT2D eigenvalue weighted by molar-refractivity contribution is 0.0599. The first-order chi connectivity index (χ1) is 15.1. The van der Waals surface area contributed by atoms with Gasteiger partial charge >= 0.3 is 11.9 Å². The van der Waals surface area contributed by atoms with Crippen LogP contribution in [0, 0.1) is 0 Å². The van der Waals surface area contributed by atoms with Gasteiger partial charge in [-0.1, -0.05) is 24.3 Å². The summed E-state index contributed by atoms with van der Waals surface area (Å²) in [5.41, 5.74) is 3.59. The van der Waals surface area contributed by atoms with Crippen molar-refractivity contribution in [2.75, 3.05) is 33.3 Å². The van der Waals surface area contributed by atoms with Crippen LogP contribution in [0.2, 0.25) is 0 Å². The third-order valence-corrected chi connectivity index (χ3v) is 6.11. The SMILES string of the molecule is COC(=O)c1ccc(C2CCNCC2)cc1.O=C(O)c1ccc(C2CCNCC2)cc1. The van der Waals surface area contributed by atoms with Crippen LogP contribution in [0.5, 0.6) is 0 Å². The van der Waals surface area contributed by atoms with Gasteiger partial charge in [0.25, 0.3) is 0 Å². The average molecular weight is 425 g/mol. The van der Waals surface area contributed by atoms with Crippen LogP contribution in [0.3, 0.4) is 0 Å². The molecular weight excluding hydrogens is 392 g/mol. The van der Waals surface area contributed by atoms with Crippen molar-refractivity contribution in [1.29, 1.82) is 0 Å². The Hall–Kier alpha value is -2.70. The quantitative estimate of drug-likeness (QED) is 0.648. The van der Waals surface area contributed by atoms with Gasteiger partial charge in [0.05, 0.1) is 18.2 Å². The van der Waals surface area contributed by atoms with Crippen molar-refractivity contribution in [1.82, 2.24) is 10.6 Å². The highest BCUT2D eigenvalue weighted by atomic mass is 16.5. The fraction of sp³-hybridized carbons (Fsp3) is 0.440. The number of carboxylic acid groups (broad SMARTS) is 1. The molecule has 0 aromatic heterocycles. The van der Waals surface area contributed by atoms with Crippen molar-refractivity contribution < 1.29 is 19.4 Å². The topological polar surface area (TPSA) is 87.7 Å². The molecule has 4 rings (SSSR count). The van der Waals surface area contributed by atoms with Crippen LogP contribution in [0.15, 0.2) is 48.5 Å². The van der Waals surface area contributed by atoms with E-state index in [1.54, 1.807) is 12.1 Å². The Bertz CT molecular complexity index is 837. The van der Waals surface area contributed by atoms with Crippen LogP contribution in [-0.4, -0.2) is 50.3 Å². The van der Waals surface area contributed by atoms with Gasteiger partial charge in [-0.2, -0.15) is 0 Å². The number of benzene rings is 2. The summed E-state index contributed by atoms with van der Waals surface area (Å²) in [4.78, 5) is 21.9. The number of carbonyl (C=O) groups excluding carboxylic acids is 1. The molecule has 2 aromatic carbocycles. The molecule has 2 fully saturated rings. The van der Waals surface area contributed by atoms with Crippen molar-refractivity contribution in [3.63, 3.8) is 0 Å². The lowest BCUT2D eigenvalue weighted by Gasteiger charge is -2.22. The molecule has 2 aromatic rings. The maximum Gasteiger partial charge on any atom is 0.337 e. The van der Waals surface area contributed by atoms with Crippen LogP contribution in [0.4, 0.5) is 0 Å². The van der Waals surface area contributed by atoms with E-state index in [-0.39, 0.29) is 5.97 Å². The number of nitrogens with one attached hydrogen (secondary N) is 2. The minimum Gasteiger partial charge on any atom is -0.478 e. The van der Waals surface area contributed by atoms with Crippen LogP contribution in [0.25, 0.3) is 0 Å². The second-order valence-corrected chi connectivity index (χ2v) is 8.09. The Morgan fingerprint density at radius 3 is 1.48 bits per heavy atom. The molecule has 166 valence electrons. The van der Waals surface area contributed by atoms with Crippen LogP contribution in [-0.2, 0) is 4.74 Å². The number of ether oxygens (including phenoxy) is 1. The molecule has 2 heterocycles. The predicted octanol–water partition coefficient (Wildman–Crippen LogP) is 3.79. The van der Waals surface area contributed by atoms with E-state index in [2.05, 4.69) is 15.4 Å². The molecule has 6 heteroatoms. The zero-order valence-corrected chi connectivity index (χ0v) is 18.1. The highest BCUT2D eigenvalue weighted by Crippen LogP contribution is 2.26. The molecular formula is C25H32N2O4. The molecule has 0 saturated carbocycles. The van der Waals surface area contributed by atoms with E-state index in [1.807, 2.05) is 36.4 Å². The molecule has 2 saturated heterocycles. The highest BCUT2D eigenvalue weighted by Gasteiger charge is 2.16. The molecule has 0 amide bonds. The largest absolute Gasteiger partial charge is 0.478 e. The number of carboxylic acids is 1. The monoisotopic (exact) mass is 424 g/mol. The Balaban J connectivity index is 0.000000176. The van der Waals surface area contributed by atoms with Gasteiger partial charge in [-0.3, -0.25) is 0 Å². The Morgan fingerprint density at radius 1 is 0.742 bits per heavy atom. The van der Waals surface area contributed by atoms with Crippen molar-refractivity contribution >= 4 is 11.9 Å². The minimum atomic E-state index is -0.855. The molecule has 3 N–H and O–H groups in total. The zero-order valence-electron chi connectivity index (χ0n) is 18.1. The molecule has 0 bridgehead atoms. The number of hydrogen-bond donors (Lipinski definition) is 3. The van der Waals surface area contributed by atoms with Gasteiger partial charge in [-0.05, 0) is 99.1 Å². The van der Waals surface area contributed by atoms with Crippen molar-refractivity contribution in [3.8, 4) is 0 Å². The maximum atomic E-state index is 11.3. The summed E-state index contributed by atoms with van der Waals surface area (Å²) in [6.45, 7) is 4.30. The van der Waals surface area contributed by atoms with Crippen molar-refractivity contribution in [2.24, 2.45) is 0 Å². The smallest absolute Gasteiger partial charge is 0.337 e. The average Bonchev–Trinajstić information content (AvgIpc) is 2.85. The molecule has 0 aliphatic carbocycles. The van der Waals surface area contributed by atoms with E-state index in [4.69, 9.17) is 5.11 Å². The molecule has 0 radical (unpaired) electrons. The maximum absolute atomic E-state index is 11.3. The van der Waals surface area contributed by atoms with Gasteiger partial charge in [0.15, 0.2) is 0 Å². The van der Waals surface area contributed by atoms with Gasteiger partial charge in [0, 0.05) is 0 Å². The summed E-state index contributed by atoms with van der Waals surface area (Å²) in [6.07, 6.45) is 4.65. The molecule has 0 unspecified atom stereocenters. The third-order valence-electron chi connectivity index (χ3n) is 6.11. The van der Waals surface area contributed by atoms with Gasteiger partial charge in [-0.25, -0.2) is 9.59 Å². The summed E-state index contributed by atoms with van der Waals surface area (Å²) < 4.78 is 4.67. The first-order valence-corrected chi connectivity index (χ1v) is 11.0. The Labute approximate surface area is 184 Å². The standard InChI is InChI=1S/C13H17NO2.C12H15NO2/c1-16-13(15)12-4-2-10(3-5-12)11-6-8-14-9-7-11;14-12(15)11-3-1-9(2-4-11)10-5-7-13-8-6-10/h2-5,11,14H,6-9H2,1H3;1-4,10,13H,5-8H2,(H,14,15). The fourth-order valence-electron chi connectivity index (χ4n) is 4.22. The number of piperidine rings is 2. The minimum absolute atomic E-state index is 0.267. The van der Waals surface area contributed by atoms with Crippen LogP contribution in [0.1, 0.15) is 69.4 Å². The number of aromatic carboxylic acids is 1. The summed E-state index contributed by atoms with van der Waals surface area (Å²) in [6, 6.07) is 15.1. The third kappa shape index (κ3) is 6.64. The lowest BCUT2D eigenvalue weighted by atomic mass is 9.90. The number of methoxy groups -OCH3 is 1. The van der Waals surface area contributed by atoms with Crippen molar-refractivity contribution in [3.05, 3.63) is 70.8 Å². The highest BCUT2D eigenvalue weighted by molar-refractivity contribution is 5.89. The second-order valence-electron chi connectivity index (χ2n) is 8.09. The van der Waals surface area contributed by atoms with E-state index in [0.29, 0.717) is 23.0 Å². The molecule has 2 aliphatic rings. The Kier molecular flexibility index (Phi) is 8.62. The number of hydrogen-bond acceptors (Lipinski definition) is 5. The molecule has 0 spiro atoms. The zero-order chi connectivity index (χ0) is 22.1. The lowest BCUT2D eigenvalue weighted by Crippen LogP contribution is -2.26. The molecule has 2 aliphatic heterocycles. The predicted molar refractivity (Wildman–Crippen MR) is 121 cm³/mol. The van der Waals surface area contributed by atoms with Gasteiger partial charge in [-0.15, -0.1) is 0 Å². The first-order valence-electron chi connectivity index (χ1n) is 11.0. The van der Waals surface area contributed by atoms with E-state index >= 15 is 0 Å². The van der Waals surface area contributed by atoms with Crippen LogP contribution < -0.4 is 10.6 Å². The molecule has 6 nitrogen and oxygen atoms in total. The van der Waals surface area contributed by atoms with E-state index < -0.39 is 5.97 Å². The number of esters is 1. The van der Waals surface area contributed by atoms with E-state index in [9.17, 15) is 9.59 Å². The van der Waals surface area contributed by atoms with Gasteiger partial charge < -0.3 is 20.5 Å². The molecule has 0 atom stereocenters. The summed E-state index contributed by atoms with van der Waals surface area (Å²) in [5.74, 6) is 0.103. The van der Waals surface area contributed by atoms with E-state index in [1.165, 1.54) is 31.1 Å². The fourth-order valence-corrected chi connectivity index (χ4v) is 4.22. The number of carbonyl (C=O) groups is 2.